The molecule has 3 aromatic rings. The fraction of sp³-hybridized carbons (Fsp3) is 0.375. The molecule has 5 heteroatoms. The lowest BCUT2D eigenvalue weighted by atomic mass is 9.70. The molecule has 1 amide bonds. The fourth-order valence-electron chi connectivity index (χ4n) is 4.46. The molecule has 0 spiro atoms. The van der Waals surface area contributed by atoms with E-state index in [1.165, 1.54) is 0 Å². The van der Waals surface area contributed by atoms with Gasteiger partial charge in [0.15, 0.2) is 11.5 Å². The second kappa shape index (κ2) is 6.83. The average Bonchev–Trinajstić information content (AvgIpc) is 3.52. The van der Waals surface area contributed by atoms with Gasteiger partial charge < -0.3 is 9.32 Å². The van der Waals surface area contributed by atoms with Crippen LogP contribution in [0.5, 0.6) is 0 Å². The summed E-state index contributed by atoms with van der Waals surface area (Å²) in [6.45, 7) is 2.80. The van der Waals surface area contributed by atoms with Gasteiger partial charge in [-0.2, -0.15) is 0 Å². The van der Waals surface area contributed by atoms with Crippen LogP contribution in [0, 0.1) is 0 Å². The first-order valence-electron chi connectivity index (χ1n) is 10.3. The number of Topliss-reactive ketones (excluding diaryl/α,β-unsaturated/α-hetero) is 1. The van der Waals surface area contributed by atoms with Crippen molar-refractivity contribution in [2.24, 2.45) is 0 Å². The first kappa shape index (κ1) is 18.1. The number of carbonyl (C=O) groups is 2. The van der Waals surface area contributed by atoms with Gasteiger partial charge in [0.05, 0.1) is 5.41 Å². The molecular formula is C24H24N2O3. The Bertz CT molecular complexity index is 1070. The number of amides is 1. The molecule has 1 aliphatic heterocycles. The Labute approximate surface area is 169 Å². The van der Waals surface area contributed by atoms with Gasteiger partial charge in [-0.05, 0) is 56.4 Å². The Morgan fingerprint density at radius 1 is 1.07 bits per heavy atom. The van der Waals surface area contributed by atoms with Crippen LogP contribution < -0.4 is 0 Å². The van der Waals surface area contributed by atoms with E-state index in [-0.39, 0.29) is 11.7 Å². The number of aromatic nitrogens is 1. The number of hydrogen-bond donors (Lipinski definition) is 0. The van der Waals surface area contributed by atoms with Gasteiger partial charge in [-0.15, -0.1) is 0 Å². The van der Waals surface area contributed by atoms with E-state index in [2.05, 4.69) is 4.98 Å². The summed E-state index contributed by atoms with van der Waals surface area (Å²) in [7, 11) is 0. The van der Waals surface area contributed by atoms with Crippen molar-refractivity contribution < 1.29 is 14.0 Å². The Balaban J connectivity index is 1.35. The van der Waals surface area contributed by atoms with Gasteiger partial charge in [-0.1, -0.05) is 30.3 Å². The van der Waals surface area contributed by atoms with Crippen molar-refractivity contribution >= 4 is 22.8 Å². The van der Waals surface area contributed by atoms with Gasteiger partial charge in [0.2, 0.25) is 0 Å². The lowest BCUT2D eigenvalue weighted by Gasteiger charge is -2.40. The minimum absolute atomic E-state index is 0.0125. The van der Waals surface area contributed by atoms with Crippen LogP contribution in [0.15, 0.2) is 52.9 Å². The van der Waals surface area contributed by atoms with Crippen LogP contribution >= 0.6 is 0 Å². The van der Waals surface area contributed by atoms with E-state index in [1.54, 1.807) is 13.0 Å². The Hall–Kier alpha value is -2.95. The van der Waals surface area contributed by atoms with Crippen molar-refractivity contribution in [1.29, 1.82) is 0 Å². The van der Waals surface area contributed by atoms with Crippen molar-refractivity contribution in [3.8, 4) is 0 Å². The summed E-state index contributed by atoms with van der Waals surface area (Å²) in [5.41, 5.74) is 2.66. The summed E-state index contributed by atoms with van der Waals surface area (Å²) in [4.78, 5) is 32.0. The maximum Gasteiger partial charge on any atom is 0.253 e. The lowest BCUT2D eigenvalue weighted by Crippen LogP contribution is -2.48. The van der Waals surface area contributed by atoms with E-state index >= 15 is 0 Å². The third kappa shape index (κ3) is 3.15. The zero-order chi connectivity index (χ0) is 20.0. The third-order valence-electron chi connectivity index (χ3n) is 6.48. The first-order valence-corrected chi connectivity index (χ1v) is 10.3. The second-order valence-corrected chi connectivity index (χ2v) is 8.31. The molecule has 2 fully saturated rings. The number of fused-ring (bicyclic) bond motifs is 1. The summed E-state index contributed by atoms with van der Waals surface area (Å²) in [5, 5.41) is 0. The number of piperidine rings is 1. The molecule has 0 N–H and O–H groups in total. The summed E-state index contributed by atoms with van der Waals surface area (Å²) in [6, 6.07) is 15.5. The molecule has 148 valence electrons. The zero-order valence-corrected chi connectivity index (χ0v) is 16.6. The summed E-state index contributed by atoms with van der Waals surface area (Å²) in [5.74, 6) is 1.39. The number of hydrogen-bond acceptors (Lipinski definition) is 4. The van der Waals surface area contributed by atoms with Crippen LogP contribution in [0.2, 0.25) is 0 Å². The van der Waals surface area contributed by atoms with Crippen LogP contribution in [-0.4, -0.2) is 34.7 Å². The van der Waals surface area contributed by atoms with Gasteiger partial charge in [0.25, 0.3) is 5.91 Å². The predicted molar refractivity (Wildman–Crippen MR) is 110 cm³/mol. The highest BCUT2D eigenvalue weighted by molar-refractivity contribution is 5.97. The molecule has 0 atom stereocenters. The van der Waals surface area contributed by atoms with Gasteiger partial charge in [-0.3, -0.25) is 9.59 Å². The minimum Gasteiger partial charge on any atom is -0.440 e. The predicted octanol–water partition coefficient (Wildman–Crippen LogP) is 4.47. The summed E-state index contributed by atoms with van der Waals surface area (Å²) < 4.78 is 5.87. The van der Waals surface area contributed by atoms with Gasteiger partial charge in [0, 0.05) is 24.6 Å². The van der Waals surface area contributed by atoms with E-state index in [9.17, 15) is 9.59 Å². The number of likely N-dealkylation sites (tertiary alicyclic amines) is 1. The molecular weight excluding hydrogens is 364 g/mol. The topological polar surface area (TPSA) is 63.4 Å². The van der Waals surface area contributed by atoms with Gasteiger partial charge in [-0.25, -0.2) is 4.98 Å². The molecule has 2 aromatic carbocycles. The molecule has 1 aliphatic carbocycles. The van der Waals surface area contributed by atoms with E-state index in [0.717, 1.165) is 29.8 Å². The van der Waals surface area contributed by atoms with Gasteiger partial charge in [0.1, 0.15) is 11.3 Å². The number of ketones is 1. The molecule has 2 aliphatic rings. The summed E-state index contributed by atoms with van der Waals surface area (Å²) >= 11 is 0. The molecule has 0 radical (unpaired) electrons. The molecule has 0 unspecified atom stereocenters. The number of rotatable bonds is 4. The molecule has 1 aromatic heterocycles. The van der Waals surface area contributed by atoms with Crippen LogP contribution in [0.3, 0.4) is 0 Å². The average molecular weight is 388 g/mol. The van der Waals surface area contributed by atoms with Crippen molar-refractivity contribution in [2.45, 2.75) is 43.9 Å². The highest BCUT2D eigenvalue weighted by atomic mass is 16.3. The number of oxazole rings is 1. The zero-order valence-electron chi connectivity index (χ0n) is 16.6. The standard InChI is InChI=1S/C24H24N2O3/c1-16(27)24(19-5-3-2-4-6-19)11-13-26(14-12-24)23(28)18-9-10-20-21(15-18)29-22(25-20)17-7-8-17/h2-6,9-10,15,17H,7-8,11-14H2,1H3. The molecule has 1 saturated carbocycles. The Morgan fingerprint density at radius 3 is 2.45 bits per heavy atom. The molecule has 1 saturated heterocycles. The van der Waals surface area contributed by atoms with Crippen molar-refractivity contribution in [2.75, 3.05) is 13.1 Å². The molecule has 0 bridgehead atoms. The fourth-order valence-corrected chi connectivity index (χ4v) is 4.46. The van der Waals surface area contributed by atoms with Crippen molar-refractivity contribution in [3.63, 3.8) is 0 Å². The Morgan fingerprint density at radius 2 is 1.79 bits per heavy atom. The second-order valence-electron chi connectivity index (χ2n) is 8.31. The van der Waals surface area contributed by atoms with Crippen LogP contribution in [0.4, 0.5) is 0 Å². The van der Waals surface area contributed by atoms with E-state index in [0.29, 0.717) is 43.0 Å². The van der Waals surface area contributed by atoms with E-state index < -0.39 is 5.41 Å². The molecule has 5 rings (SSSR count). The van der Waals surface area contributed by atoms with Gasteiger partial charge >= 0.3 is 0 Å². The van der Waals surface area contributed by atoms with Crippen molar-refractivity contribution in [1.82, 2.24) is 9.88 Å². The summed E-state index contributed by atoms with van der Waals surface area (Å²) in [6.07, 6.45) is 3.56. The van der Waals surface area contributed by atoms with Crippen LogP contribution in [0.25, 0.3) is 11.1 Å². The first-order chi connectivity index (χ1) is 14.1. The third-order valence-corrected chi connectivity index (χ3v) is 6.48. The molecule has 29 heavy (non-hydrogen) atoms. The highest BCUT2D eigenvalue weighted by Gasteiger charge is 2.41. The van der Waals surface area contributed by atoms with Crippen molar-refractivity contribution in [3.05, 3.63) is 65.5 Å². The normalized spacial score (nSPS) is 18.7. The Kier molecular flexibility index (Phi) is 4.26. The highest BCUT2D eigenvalue weighted by Crippen LogP contribution is 2.41. The number of benzene rings is 2. The van der Waals surface area contributed by atoms with E-state index in [4.69, 9.17) is 4.42 Å². The number of nitrogens with zero attached hydrogens (tertiary/aromatic N) is 2. The molecule has 5 nitrogen and oxygen atoms in total. The molecule has 2 heterocycles. The number of carbonyl (C=O) groups excluding carboxylic acids is 2. The lowest BCUT2D eigenvalue weighted by molar-refractivity contribution is -0.124. The monoisotopic (exact) mass is 388 g/mol. The SMILES string of the molecule is CC(=O)C1(c2ccccc2)CCN(C(=O)c2ccc3nc(C4CC4)oc3c2)CC1. The minimum atomic E-state index is -0.494. The van der Waals surface area contributed by atoms with Crippen LogP contribution in [-0.2, 0) is 10.2 Å². The smallest absolute Gasteiger partial charge is 0.253 e. The quantitative estimate of drug-likeness (QED) is 0.662. The maximum atomic E-state index is 13.1. The largest absolute Gasteiger partial charge is 0.440 e. The maximum absolute atomic E-state index is 13.1. The van der Waals surface area contributed by atoms with E-state index in [1.807, 2.05) is 47.4 Å². The van der Waals surface area contributed by atoms with Crippen LogP contribution in [0.1, 0.15) is 60.3 Å².